The third-order valence-electron chi connectivity index (χ3n) is 5.85. The summed E-state index contributed by atoms with van der Waals surface area (Å²) in [6.45, 7) is 6.05. The first-order valence-electron chi connectivity index (χ1n) is 12.1. The summed E-state index contributed by atoms with van der Waals surface area (Å²) in [5.74, 6) is 6.58. The lowest BCUT2D eigenvalue weighted by Crippen LogP contribution is -2.35. The van der Waals surface area contributed by atoms with Crippen LogP contribution in [-0.4, -0.2) is 55.5 Å². The molecule has 1 aliphatic rings. The Kier molecular flexibility index (Phi) is 8.98. The zero-order valence-electron chi connectivity index (χ0n) is 20.5. The van der Waals surface area contributed by atoms with Gasteiger partial charge >= 0.3 is 5.97 Å². The number of carboxylic acid groups (broad SMARTS) is 1. The Hall–Kier alpha value is -3.79. The van der Waals surface area contributed by atoms with Gasteiger partial charge in [-0.1, -0.05) is 48.2 Å². The zero-order valence-corrected chi connectivity index (χ0v) is 20.5. The van der Waals surface area contributed by atoms with Crippen molar-refractivity contribution in [3.8, 4) is 23.3 Å². The topological polar surface area (TPSA) is 68.2 Å². The molecule has 36 heavy (non-hydrogen) atoms. The van der Waals surface area contributed by atoms with Crippen molar-refractivity contribution in [1.82, 2.24) is 4.90 Å². The number of morpholine rings is 1. The molecule has 1 fully saturated rings. The van der Waals surface area contributed by atoms with Crippen molar-refractivity contribution < 1.29 is 24.1 Å². The number of carboxylic acids is 1. The van der Waals surface area contributed by atoms with Crippen molar-refractivity contribution in [2.75, 3.05) is 39.5 Å². The summed E-state index contributed by atoms with van der Waals surface area (Å²) in [5.41, 5.74) is 5.55. The van der Waals surface area contributed by atoms with Crippen LogP contribution in [0.5, 0.6) is 11.5 Å². The molecule has 3 aromatic carbocycles. The molecule has 0 aliphatic carbocycles. The number of ether oxygens (including phenoxy) is 3. The van der Waals surface area contributed by atoms with Crippen LogP contribution in [0, 0.1) is 18.8 Å². The highest BCUT2D eigenvalue weighted by atomic mass is 16.5. The molecule has 1 heterocycles. The van der Waals surface area contributed by atoms with Crippen LogP contribution in [0.1, 0.15) is 27.8 Å². The van der Waals surface area contributed by atoms with E-state index in [0.717, 1.165) is 50.4 Å². The fourth-order valence-corrected chi connectivity index (χ4v) is 4.15. The van der Waals surface area contributed by atoms with E-state index in [1.54, 1.807) is 12.1 Å². The SMILES string of the molecule is Cc1cc(OCC#Cc2cc(Cc3ccccc3)cc(CN3CCOCC3)c2)ccc1OCC(=O)O. The van der Waals surface area contributed by atoms with Gasteiger partial charge in [0.15, 0.2) is 6.61 Å². The summed E-state index contributed by atoms with van der Waals surface area (Å²) < 4.78 is 16.6. The molecular formula is C30H31NO5. The molecule has 186 valence electrons. The smallest absolute Gasteiger partial charge is 0.341 e. The summed E-state index contributed by atoms with van der Waals surface area (Å²) >= 11 is 0. The number of aliphatic carboxylic acids is 1. The van der Waals surface area contributed by atoms with Gasteiger partial charge in [-0.05, 0) is 65.9 Å². The first-order valence-corrected chi connectivity index (χ1v) is 12.1. The molecule has 0 atom stereocenters. The molecule has 0 saturated carbocycles. The van der Waals surface area contributed by atoms with Crippen LogP contribution >= 0.6 is 0 Å². The number of aryl methyl sites for hydroxylation is 1. The number of hydrogen-bond donors (Lipinski definition) is 1. The van der Waals surface area contributed by atoms with Gasteiger partial charge < -0.3 is 19.3 Å². The van der Waals surface area contributed by atoms with Crippen LogP contribution in [0.2, 0.25) is 0 Å². The molecule has 3 aromatic rings. The minimum absolute atomic E-state index is 0.247. The van der Waals surface area contributed by atoms with Crippen LogP contribution in [0.3, 0.4) is 0 Å². The van der Waals surface area contributed by atoms with E-state index in [0.29, 0.717) is 11.5 Å². The van der Waals surface area contributed by atoms with E-state index in [4.69, 9.17) is 19.3 Å². The minimum atomic E-state index is -1.01. The molecule has 4 rings (SSSR count). The number of carbonyl (C=O) groups is 1. The highest BCUT2D eigenvalue weighted by molar-refractivity contribution is 5.68. The minimum Gasteiger partial charge on any atom is -0.482 e. The lowest BCUT2D eigenvalue weighted by atomic mass is 9.99. The number of hydrogen-bond acceptors (Lipinski definition) is 5. The summed E-state index contributed by atoms with van der Waals surface area (Å²) in [7, 11) is 0. The third kappa shape index (κ3) is 7.88. The molecule has 1 saturated heterocycles. The summed E-state index contributed by atoms with van der Waals surface area (Å²) in [6, 6.07) is 22.3. The molecule has 0 bridgehead atoms. The van der Waals surface area contributed by atoms with Gasteiger partial charge in [0.2, 0.25) is 0 Å². The van der Waals surface area contributed by atoms with E-state index in [1.165, 1.54) is 16.7 Å². The number of rotatable bonds is 9. The normalized spacial score (nSPS) is 13.5. The Balaban J connectivity index is 1.43. The van der Waals surface area contributed by atoms with Gasteiger partial charge in [-0.15, -0.1) is 0 Å². The number of nitrogens with zero attached hydrogens (tertiary/aromatic N) is 1. The summed E-state index contributed by atoms with van der Waals surface area (Å²) in [5, 5.41) is 8.78. The van der Waals surface area contributed by atoms with E-state index in [-0.39, 0.29) is 13.2 Å². The Morgan fingerprint density at radius 1 is 0.972 bits per heavy atom. The van der Waals surface area contributed by atoms with Crippen LogP contribution in [0.25, 0.3) is 0 Å². The molecule has 0 unspecified atom stereocenters. The third-order valence-corrected chi connectivity index (χ3v) is 5.85. The maximum Gasteiger partial charge on any atom is 0.341 e. The highest BCUT2D eigenvalue weighted by Crippen LogP contribution is 2.23. The lowest BCUT2D eigenvalue weighted by molar-refractivity contribution is -0.139. The fourth-order valence-electron chi connectivity index (χ4n) is 4.15. The average Bonchev–Trinajstić information content (AvgIpc) is 2.87. The van der Waals surface area contributed by atoms with Crippen molar-refractivity contribution in [3.63, 3.8) is 0 Å². The lowest BCUT2D eigenvalue weighted by Gasteiger charge is -2.26. The Bertz CT molecular complexity index is 1220. The average molecular weight is 486 g/mol. The molecular weight excluding hydrogens is 454 g/mol. The van der Waals surface area contributed by atoms with Crippen LogP contribution in [0.15, 0.2) is 66.7 Å². The van der Waals surface area contributed by atoms with Gasteiger partial charge in [-0.25, -0.2) is 4.79 Å². The molecule has 1 N–H and O–H groups in total. The maximum atomic E-state index is 10.7. The molecule has 0 amide bonds. The van der Waals surface area contributed by atoms with E-state index < -0.39 is 5.97 Å². The quantitative estimate of drug-likeness (QED) is 0.456. The van der Waals surface area contributed by atoms with Crippen LogP contribution in [-0.2, 0) is 22.5 Å². The standard InChI is InChI=1S/C30H31NO5/c1-23-16-28(9-10-29(23)36-22-30(32)33)35-13-5-8-25-18-26(17-24-6-3-2-4-7-24)20-27(19-25)21-31-11-14-34-15-12-31/h2-4,6-7,9-10,16,18-20H,11-15,17,21-22H2,1H3,(H,32,33). The Morgan fingerprint density at radius 2 is 1.75 bits per heavy atom. The first kappa shape index (κ1) is 25.3. The van der Waals surface area contributed by atoms with Crippen LogP contribution < -0.4 is 9.47 Å². The van der Waals surface area contributed by atoms with E-state index in [9.17, 15) is 4.79 Å². The fraction of sp³-hybridized carbons (Fsp3) is 0.300. The monoisotopic (exact) mass is 485 g/mol. The van der Waals surface area contributed by atoms with Crippen molar-refractivity contribution in [3.05, 3.63) is 94.5 Å². The van der Waals surface area contributed by atoms with Gasteiger partial charge in [-0.3, -0.25) is 4.90 Å². The van der Waals surface area contributed by atoms with Crippen LogP contribution in [0.4, 0.5) is 0 Å². The largest absolute Gasteiger partial charge is 0.482 e. The molecule has 6 heteroatoms. The highest BCUT2D eigenvalue weighted by Gasteiger charge is 2.12. The van der Waals surface area contributed by atoms with Gasteiger partial charge in [0.05, 0.1) is 13.2 Å². The summed E-state index contributed by atoms with van der Waals surface area (Å²) in [6.07, 6.45) is 0.860. The molecule has 0 aromatic heterocycles. The van der Waals surface area contributed by atoms with Crippen molar-refractivity contribution in [1.29, 1.82) is 0 Å². The van der Waals surface area contributed by atoms with Gasteiger partial charge in [0.1, 0.15) is 18.1 Å². The summed E-state index contributed by atoms with van der Waals surface area (Å²) in [4.78, 5) is 13.1. The second kappa shape index (κ2) is 12.8. The second-order valence-corrected chi connectivity index (χ2v) is 8.79. The van der Waals surface area contributed by atoms with Gasteiger partial charge in [-0.2, -0.15) is 0 Å². The maximum absolute atomic E-state index is 10.7. The predicted octanol–water partition coefficient (Wildman–Crippen LogP) is 4.31. The Labute approximate surface area is 212 Å². The molecule has 6 nitrogen and oxygen atoms in total. The van der Waals surface area contributed by atoms with E-state index in [2.05, 4.69) is 59.2 Å². The van der Waals surface area contributed by atoms with Gasteiger partial charge in [0.25, 0.3) is 0 Å². The van der Waals surface area contributed by atoms with E-state index in [1.807, 2.05) is 19.1 Å². The van der Waals surface area contributed by atoms with Gasteiger partial charge in [0, 0.05) is 25.2 Å². The predicted molar refractivity (Wildman–Crippen MR) is 138 cm³/mol. The van der Waals surface area contributed by atoms with Crippen molar-refractivity contribution >= 4 is 5.97 Å². The second-order valence-electron chi connectivity index (χ2n) is 8.79. The Morgan fingerprint density at radius 3 is 2.50 bits per heavy atom. The number of benzene rings is 3. The molecule has 1 aliphatic heterocycles. The van der Waals surface area contributed by atoms with Crippen molar-refractivity contribution in [2.24, 2.45) is 0 Å². The first-order chi connectivity index (χ1) is 17.5. The molecule has 0 radical (unpaired) electrons. The van der Waals surface area contributed by atoms with E-state index >= 15 is 0 Å². The molecule has 0 spiro atoms. The zero-order chi connectivity index (χ0) is 25.2. The van der Waals surface area contributed by atoms with Crippen molar-refractivity contribution in [2.45, 2.75) is 19.9 Å².